The molecule has 2 atom stereocenters. The minimum absolute atomic E-state index is 0.389. The fourth-order valence-corrected chi connectivity index (χ4v) is 3.18. The average Bonchev–Trinajstić information content (AvgIpc) is 3.10. The number of nitrogens with one attached hydrogen (secondary N) is 2. The second-order valence-corrected chi connectivity index (χ2v) is 6.50. The van der Waals surface area contributed by atoms with Crippen LogP contribution in [0.1, 0.15) is 24.4 Å². The van der Waals surface area contributed by atoms with Gasteiger partial charge in [0.25, 0.3) is 0 Å². The topological polar surface area (TPSA) is 101 Å². The Balaban J connectivity index is 1.61. The second-order valence-electron chi connectivity index (χ2n) is 6.50. The van der Waals surface area contributed by atoms with Gasteiger partial charge in [0.05, 0.1) is 24.9 Å². The van der Waals surface area contributed by atoms with Gasteiger partial charge in [-0.25, -0.2) is 0 Å². The van der Waals surface area contributed by atoms with E-state index in [-0.39, 0.29) is 0 Å². The van der Waals surface area contributed by atoms with E-state index in [0.29, 0.717) is 37.6 Å². The first-order valence-electron chi connectivity index (χ1n) is 9.20. The highest BCUT2D eigenvalue weighted by Gasteiger charge is 2.20. The van der Waals surface area contributed by atoms with E-state index in [1.807, 2.05) is 43.4 Å². The van der Waals surface area contributed by atoms with Crippen LogP contribution in [0.25, 0.3) is 10.9 Å². The Morgan fingerprint density at radius 2 is 2.11 bits per heavy atom. The first-order chi connectivity index (χ1) is 13.6. The third-order valence-electron chi connectivity index (χ3n) is 4.61. The molecule has 1 aromatic carbocycles. The lowest BCUT2D eigenvalue weighted by atomic mass is 9.98. The van der Waals surface area contributed by atoms with E-state index >= 15 is 0 Å². The minimum atomic E-state index is -0.718. The molecule has 8 heteroatoms. The molecule has 0 spiro atoms. The van der Waals surface area contributed by atoms with Crippen molar-refractivity contribution < 1.29 is 14.6 Å². The fraction of sp³-hybridized carbons (Fsp3) is 0.350. The van der Waals surface area contributed by atoms with Crippen LogP contribution in [0.3, 0.4) is 0 Å². The van der Waals surface area contributed by atoms with Crippen LogP contribution >= 0.6 is 0 Å². The Hall–Kier alpha value is -3.13. The average molecular weight is 383 g/mol. The number of rotatable bonds is 10. The van der Waals surface area contributed by atoms with Crippen molar-refractivity contribution in [2.75, 3.05) is 19.0 Å². The number of benzene rings is 1. The van der Waals surface area contributed by atoms with Crippen molar-refractivity contribution in [2.24, 2.45) is 7.05 Å². The van der Waals surface area contributed by atoms with Gasteiger partial charge in [-0.15, -0.1) is 0 Å². The molecule has 0 bridgehead atoms. The molecule has 8 nitrogen and oxygen atoms in total. The normalized spacial score (nSPS) is 13.1. The van der Waals surface area contributed by atoms with E-state index in [9.17, 15) is 9.90 Å². The van der Waals surface area contributed by atoms with Crippen molar-refractivity contribution >= 4 is 23.1 Å². The molecule has 3 N–H and O–H groups in total. The van der Waals surface area contributed by atoms with Gasteiger partial charge in [-0.05, 0) is 24.5 Å². The maximum absolute atomic E-state index is 10.9. The summed E-state index contributed by atoms with van der Waals surface area (Å²) in [6.07, 6.45) is 2.74. The molecule has 0 aliphatic carbocycles. The van der Waals surface area contributed by atoms with Gasteiger partial charge in [-0.1, -0.05) is 30.3 Å². The van der Waals surface area contributed by atoms with E-state index in [4.69, 9.17) is 4.74 Å². The number of aliphatic hydroxyl groups is 1. The lowest BCUT2D eigenvalue weighted by Crippen LogP contribution is -2.31. The molecule has 3 rings (SSSR count). The molecule has 3 aromatic rings. The molecule has 148 valence electrons. The van der Waals surface area contributed by atoms with Crippen molar-refractivity contribution in [2.45, 2.75) is 25.0 Å². The number of fused-ring (bicyclic) bond motifs is 1. The van der Waals surface area contributed by atoms with Crippen LogP contribution in [-0.2, 0) is 11.8 Å². The smallest absolute Gasteiger partial charge is 0.242 e. The number of carbonyl (C=O) groups is 1. The molecule has 2 heterocycles. The molecule has 0 radical (unpaired) electrons. The Labute approximate surface area is 163 Å². The quantitative estimate of drug-likeness (QED) is 0.366. The summed E-state index contributed by atoms with van der Waals surface area (Å²) in [5, 5.41) is 21.4. The molecule has 28 heavy (non-hydrogen) atoms. The number of nitrogens with zero attached hydrogens (tertiary/aromatic N) is 3. The van der Waals surface area contributed by atoms with Gasteiger partial charge in [0.15, 0.2) is 0 Å². The highest BCUT2D eigenvalue weighted by Crippen LogP contribution is 2.26. The van der Waals surface area contributed by atoms with Gasteiger partial charge >= 0.3 is 0 Å². The first-order valence-corrected chi connectivity index (χ1v) is 9.20. The largest absolute Gasteiger partial charge is 0.476 e. The van der Waals surface area contributed by atoms with Crippen LogP contribution in [0.5, 0.6) is 5.88 Å². The van der Waals surface area contributed by atoms with Crippen LogP contribution in [0.4, 0.5) is 5.82 Å². The molecule has 0 aliphatic rings. The van der Waals surface area contributed by atoms with Gasteiger partial charge in [-0.3, -0.25) is 9.48 Å². The first kappa shape index (κ1) is 19.6. The molecule has 1 amide bonds. The van der Waals surface area contributed by atoms with Crippen molar-refractivity contribution in [1.82, 2.24) is 20.1 Å². The Morgan fingerprint density at radius 1 is 1.32 bits per heavy atom. The molecule has 0 saturated carbocycles. The number of hydrogen-bond acceptors (Lipinski definition) is 6. The van der Waals surface area contributed by atoms with Crippen molar-refractivity contribution in [1.29, 1.82) is 0 Å². The van der Waals surface area contributed by atoms with Crippen LogP contribution < -0.4 is 15.4 Å². The van der Waals surface area contributed by atoms with Crippen LogP contribution in [0, 0.1) is 0 Å². The number of aromatic nitrogens is 3. The lowest BCUT2D eigenvalue weighted by Gasteiger charge is -2.22. The summed E-state index contributed by atoms with van der Waals surface area (Å²) in [5.41, 5.74) is 1.69. The predicted molar refractivity (Wildman–Crippen MR) is 107 cm³/mol. The predicted octanol–water partition coefficient (Wildman–Crippen LogP) is 2.02. The molecule has 2 aromatic heterocycles. The molecule has 0 saturated heterocycles. The molecule has 0 fully saturated rings. The zero-order valence-corrected chi connectivity index (χ0v) is 16.0. The summed E-state index contributed by atoms with van der Waals surface area (Å²) in [7, 11) is 3.64. The number of carbonyl (C=O) groups excluding carboxylic acids is 1. The van der Waals surface area contributed by atoms with Crippen molar-refractivity contribution in [3.63, 3.8) is 0 Å². The van der Waals surface area contributed by atoms with Crippen molar-refractivity contribution in [3.05, 3.63) is 48.2 Å². The Kier molecular flexibility index (Phi) is 6.44. The molecular weight excluding hydrogens is 358 g/mol. The highest BCUT2D eigenvalue weighted by molar-refractivity contribution is 5.85. The van der Waals surface area contributed by atoms with E-state index in [0.717, 1.165) is 16.5 Å². The minimum Gasteiger partial charge on any atom is -0.476 e. The zero-order chi connectivity index (χ0) is 19.9. The fourth-order valence-electron chi connectivity index (χ4n) is 3.18. The Bertz CT molecular complexity index is 913. The lowest BCUT2D eigenvalue weighted by molar-refractivity contribution is -0.111. The van der Waals surface area contributed by atoms with Crippen LogP contribution in [-0.4, -0.2) is 46.0 Å². The number of pyridine rings is 1. The summed E-state index contributed by atoms with van der Waals surface area (Å²) < 4.78 is 7.61. The monoisotopic (exact) mass is 383 g/mol. The van der Waals surface area contributed by atoms with E-state index in [2.05, 4.69) is 20.7 Å². The van der Waals surface area contributed by atoms with Gasteiger partial charge in [0.2, 0.25) is 12.3 Å². The third-order valence-corrected chi connectivity index (χ3v) is 4.61. The van der Waals surface area contributed by atoms with Gasteiger partial charge < -0.3 is 20.5 Å². The van der Waals surface area contributed by atoms with E-state index < -0.39 is 12.1 Å². The van der Waals surface area contributed by atoms with Crippen LogP contribution in [0.2, 0.25) is 0 Å². The summed E-state index contributed by atoms with van der Waals surface area (Å²) in [5.74, 6) is 1.21. The highest BCUT2D eigenvalue weighted by atomic mass is 16.5. The Morgan fingerprint density at radius 3 is 2.82 bits per heavy atom. The summed E-state index contributed by atoms with van der Waals surface area (Å²) in [6, 6.07) is 10.9. The standard InChI is InChI=1S/C20H25N5O3/c1-21-17-11-15-12-23-25(2)19(15)20(24-17)28-10-6-9-16(27)18(22-13-26)14-7-4-3-5-8-14/h3-5,7-8,11-13,16,18,27H,6,9-10H2,1-2H3,(H,21,24)(H,22,26). The number of hydrogen-bond donors (Lipinski definition) is 3. The number of ether oxygens (including phenoxy) is 1. The van der Waals surface area contributed by atoms with Crippen LogP contribution in [0.15, 0.2) is 42.6 Å². The summed E-state index contributed by atoms with van der Waals surface area (Å²) in [4.78, 5) is 15.4. The number of amides is 1. The summed E-state index contributed by atoms with van der Waals surface area (Å²) in [6.45, 7) is 0.389. The van der Waals surface area contributed by atoms with Crippen molar-refractivity contribution in [3.8, 4) is 5.88 Å². The van der Waals surface area contributed by atoms with E-state index in [1.165, 1.54) is 0 Å². The van der Waals surface area contributed by atoms with E-state index in [1.54, 1.807) is 17.9 Å². The van der Waals surface area contributed by atoms with Gasteiger partial charge in [0.1, 0.15) is 11.3 Å². The molecular formula is C20H25N5O3. The van der Waals surface area contributed by atoms with Gasteiger partial charge in [0, 0.05) is 19.5 Å². The zero-order valence-electron chi connectivity index (χ0n) is 16.0. The molecule has 0 aliphatic heterocycles. The SMILES string of the molecule is CNc1cc2cnn(C)c2c(OCCCC(O)C(NC=O)c2ccccc2)n1. The maximum Gasteiger partial charge on any atom is 0.242 e. The number of aliphatic hydroxyl groups excluding tert-OH is 1. The number of aryl methyl sites for hydroxylation is 1. The number of anilines is 1. The third kappa shape index (κ3) is 4.40. The summed E-state index contributed by atoms with van der Waals surface area (Å²) >= 11 is 0. The molecule has 2 unspecified atom stereocenters. The van der Waals surface area contributed by atoms with Gasteiger partial charge in [-0.2, -0.15) is 10.1 Å². The maximum atomic E-state index is 10.9. The second kappa shape index (κ2) is 9.18.